The molecule has 0 fully saturated rings. The van der Waals surface area contributed by atoms with E-state index in [1.807, 2.05) is 0 Å². The molecule has 1 heteroatoms. The van der Waals surface area contributed by atoms with Gasteiger partial charge in [0.25, 0.3) is 0 Å². The smallest absolute Gasteiger partial charge is 0.0245 e. The molecule has 0 nitrogen and oxygen atoms in total. The number of alkyl halides is 1. The molecule has 2 atom stereocenters. The Morgan fingerprint density at radius 1 is 0.725 bits per heavy atom. The fourth-order valence-corrected chi connectivity index (χ4v) is 7.73. The first-order valence-corrected chi connectivity index (χ1v) is 16.9. The summed E-state index contributed by atoms with van der Waals surface area (Å²) in [5, 5.41) is 0.983. The predicted octanol–water partition coefficient (Wildman–Crippen LogP) is 12.8. The van der Waals surface area contributed by atoms with Crippen LogP contribution in [0.15, 0.2) is 58.1 Å². The molecule has 0 N–H and O–H groups in total. The third-order valence-corrected chi connectivity index (χ3v) is 11.8. The maximum atomic E-state index is 3.71. The van der Waals surface area contributed by atoms with Crippen LogP contribution in [0.1, 0.15) is 136 Å². The first-order valence-electron chi connectivity index (χ1n) is 15.8. The fourth-order valence-electron chi connectivity index (χ4n) is 7.27. The minimum absolute atomic E-state index is 0.110. The second-order valence-electron chi connectivity index (χ2n) is 17.9. The minimum atomic E-state index is 0.110. The average Bonchev–Trinajstić information content (AvgIpc) is 2.79. The van der Waals surface area contributed by atoms with E-state index >= 15 is 0 Å². The molecule has 0 bridgehead atoms. The van der Waals surface area contributed by atoms with Crippen molar-refractivity contribution in [1.29, 1.82) is 0 Å². The van der Waals surface area contributed by atoms with Gasteiger partial charge < -0.3 is 0 Å². The van der Waals surface area contributed by atoms with E-state index in [4.69, 9.17) is 0 Å². The summed E-state index contributed by atoms with van der Waals surface area (Å²) in [5.41, 5.74) is 13.8. The molecule has 0 amide bonds. The van der Waals surface area contributed by atoms with Crippen LogP contribution in [0.25, 0.3) is 0 Å². The van der Waals surface area contributed by atoms with Crippen LogP contribution < -0.4 is 0 Å². The molecule has 0 radical (unpaired) electrons. The summed E-state index contributed by atoms with van der Waals surface area (Å²) in [5.74, 6) is 0.946. The minimum Gasteiger partial charge on any atom is -0.0880 e. The molecule has 40 heavy (non-hydrogen) atoms. The number of hydrogen-bond acceptors (Lipinski definition) is 0. The maximum absolute atomic E-state index is 3.71. The monoisotopic (exact) mass is 610 g/mol. The Morgan fingerprint density at radius 2 is 1.32 bits per heavy atom. The van der Waals surface area contributed by atoms with Crippen LogP contribution >= 0.6 is 15.9 Å². The van der Waals surface area contributed by atoms with Crippen molar-refractivity contribution in [2.45, 2.75) is 136 Å². The number of rotatable bonds is 11. The van der Waals surface area contributed by atoms with Crippen LogP contribution in [0.4, 0.5) is 0 Å². The van der Waals surface area contributed by atoms with Gasteiger partial charge in [0.05, 0.1) is 0 Å². The Morgan fingerprint density at radius 3 is 1.75 bits per heavy atom. The molecule has 0 aromatic heterocycles. The highest BCUT2D eigenvalue weighted by Crippen LogP contribution is 2.59. The van der Waals surface area contributed by atoms with Gasteiger partial charge in [0, 0.05) is 10.9 Å². The second-order valence-corrected chi connectivity index (χ2v) is 18.5. The number of hydrogen-bond donors (Lipinski definition) is 0. The average molecular weight is 612 g/mol. The van der Waals surface area contributed by atoms with E-state index in [0.29, 0.717) is 11.8 Å². The van der Waals surface area contributed by atoms with Crippen molar-refractivity contribution >= 4 is 15.9 Å². The molecular weight excluding hydrogens is 548 g/mol. The fraction of sp³-hybridized carbons (Fsp3) is 0.744. The van der Waals surface area contributed by atoms with Gasteiger partial charge in [-0.2, -0.15) is 0 Å². The van der Waals surface area contributed by atoms with Gasteiger partial charge in [-0.3, -0.25) is 0 Å². The zero-order valence-corrected chi connectivity index (χ0v) is 30.7. The zero-order valence-electron chi connectivity index (χ0n) is 29.1. The van der Waals surface area contributed by atoms with Crippen molar-refractivity contribution in [2.24, 2.45) is 44.3 Å². The van der Waals surface area contributed by atoms with Gasteiger partial charge in [-0.05, 0) is 101 Å². The molecule has 0 aromatic carbocycles. The Kier molecular flexibility index (Phi) is 10.8. The van der Waals surface area contributed by atoms with Gasteiger partial charge in [0.2, 0.25) is 0 Å². The van der Waals surface area contributed by atoms with Gasteiger partial charge >= 0.3 is 0 Å². The SMILES string of the molecule is CC1=C=C=C(C(CC(C)(C)C)C(C)(C)CC(C2=CC=C(CBr)CC2)C(C)(C)CC(C)(C)C(C)(C)C(C)(C)C)C=C1. The standard InChI is InChI=1S/C39H63Br/c1-28-16-20-30(21-17-28)32(24-34(2,3)4)36(8,9)25-33(31-22-18-29(26-40)19-23-31)37(10,11)27-38(12,13)39(14,15)35(5,6)7/h16,18,20,22,32-33H,19,23-27H2,1-15H3. The van der Waals surface area contributed by atoms with E-state index in [1.54, 1.807) is 5.57 Å². The maximum Gasteiger partial charge on any atom is 0.0245 e. The van der Waals surface area contributed by atoms with E-state index in [1.165, 1.54) is 42.4 Å². The van der Waals surface area contributed by atoms with Crippen molar-refractivity contribution in [1.82, 2.24) is 0 Å². The van der Waals surface area contributed by atoms with Gasteiger partial charge in [-0.15, -0.1) is 0 Å². The van der Waals surface area contributed by atoms with Crippen molar-refractivity contribution in [3.05, 3.63) is 58.1 Å². The van der Waals surface area contributed by atoms with E-state index < -0.39 is 0 Å². The zero-order chi connectivity index (χ0) is 30.9. The van der Waals surface area contributed by atoms with Gasteiger partial charge in [-0.1, -0.05) is 148 Å². The molecular formula is C39H63Br. The first kappa shape index (κ1) is 35.2. The summed E-state index contributed by atoms with van der Waals surface area (Å²) in [7, 11) is 0. The predicted molar refractivity (Wildman–Crippen MR) is 183 cm³/mol. The van der Waals surface area contributed by atoms with Crippen LogP contribution in [-0.2, 0) is 0 Å². The molecule has 0 aliphatic heterocycles. The summed E-state index contributed by atoms with van der Waals surface area (Å²) in [6.45, 7) is 36.8. The second kappa shape index (κ2) is 12.3. The number of halogens is 1. The Labute approximate surface area is 258 Å². The molecule has 0 saturated heterocycles. The third kappa shape index (κ3) is 8.52. The summed E-state index contributed by atoms with van der Waals surface area (Å²) < 4.78 is 0. The van der Waals surface area contributed by atoms with Gasteiger partial charge in [-0.25, -0.2) is 0 Å². The van der Waals surface area contributed by atoms with Gasteiger partial charge in [0.15, 0.2) is 0 Å². The molecule has 0 spiro atoms. The summed E-state index contributed by atoms with van der Waals surface area (Å²) in [6, 6.07) is 0. The molecule has 2 rings (SSSR count). The largest absolute Gasteiger partial charge is 0.0880 e. The highest BCUT2D eigenvalue weighted by molar-refractivity contribution is 9.09. The van der Waals surface area contributed by atoms with Crippen LogP contribution in [0.2, 0.25) is 0 Å². The van der Waals surface area contributed by atoms with Crippen LogP contribution in [0, 0.1) is 44.3 Å². The lowest BCUT2D eigenvalue weighted by Crippen LogP contribution is -2.47. The lowest BCUT2D eigenvalue weighted by Gasteiger charge is -2.55. The molecule has 0 aromatic rings. The topological polar surface area (TPSA) is 0 Å². The van der Waals surface area contributed by atoms with Crippen LogP contribution in [-0.4, -0.2) is 5.33 Å². The Bertz CT molecular complexity index is 1100. The lowest BCUT2D eigenvalue weighted by molar-refractivity contribution is -0.0477. The van der Waals surface area contributed by atoms with E-state index in [2.05, 4.69) is 156 Å². The van der Waals surface area contributed by atoms with Crippen LogP contribution in [0.3, 0.4) is 0 Å². The van der Waals surface area contributed by atoms with E-state index in [0.717, 1.165) is 11.8 Å². The molecule has 226 valence electrons. The van der Waals surface area contributed by atoms with Crippen LogP contribution in [0.5, 0.6) is 0 Å². The number of allylic oxidation sites excluding steroid dienone is 8. The van der Waals surface area contributed by atoms with Crippen molar-refractivity contribution in [3.8, 4) is 0 Å². The molecule has 2 unspecified atom stereocenters. The highest BCUT2D eigenvalue weighted by Gasteiger charge is 2.50. The lowest BCUT2D eigenvalue weighted by atomic mass is 9.50. The van der Waals surface area contributed by atoms with E-state index in [-0.39, 0.29) is 32.5 Å². The normalized spacial score (nSPS) is 19.1. The summed E-state index contributed by atoms with van der Waals surface area (Å²) in [4.78, 5) is 0. The Hall–Kier alpha value is -1.000. The third-order valence-electron chi connectivity index (χ3n) is 11.1. The highest BCUT2D eigenvalue weighted by atomic mass is 79.9. The quantitative estimate of drug-likeness (QED) is 0.161. The molecule has 2 aliphatic rings. The molecule has 2 aliphatic carbocycles. The first-order chi connectivity index (χ1) is 17.9. The molecule has 0 saturated carbocycles. The van der Waals surface area contributed by atoms with Crippen molar-refractivity contribution < 1.29 is 0 Å². The van der Waals surface area contributed by atoms with Crippen molar-refractivity contribution in [2.75, 3.05) is 5.33 Å². The van der Waals surface area contributed by atoms with E-state index in [9.17, 15) is 0 Å². The summed E-state index contributed by atoms with van der Waals surface area (Å²) in [6.07, 6.45) is 15.3. The van der Waals surface area contributed by atoms with Crippen molar-refractivity contribution in [3.63, 3.8) is 0 Å². The molecule has 0 heterocycles. The van der Waals surface area contributed by atoms with Gasteiger partial charge in [0.1, 0.15) is 0 Å². The summed E-state index contributed by atoms with van der Waals surface area (Å²) >= 11 is 3.71. The Balaban J connectivity index is 2.62.